The molecule has 0 radical (unpaired) electrons. The predicted molar refractivity (Wildman–Crippen MR) is 127 cm³/mol. The monoisotopic (exact) mass is 459 g/mol. The van der Waals surface area contributed by atoms with Crippen LogP contribution >= 0.6 is 0 Å². The molecule has 0 saturated heterocycles. The van der Waals surface area contributed by atoms with E-state index in [0.717, 1.165) is 40.9 Å². The van der Waals surface area contributed by atoms with E-state index in [2.05, 4.69) is 51.7 Å². The van der Waals surface area contributed by atoms with E-state index in [-0.39, 0.29) is 28.5 Å². The molecule has 0 spiro atoms. The van der Waals surface area contributed by atoms with E-state index in [1.165, 1.54) is 6.07 Å². The highest BCUT2D eigenvalue weighted by molar-refractivity contribution is 5.66. The topological polar surface area (TPSA) is 101 Å². The van der Waals surface area contributed by atoms with E-state index in [4.69, 9.17) is 0 Å². The van der Waals surface area contributed by atoms with Gasteiger partial charge < -0.3 is 5.32 Å². The third kappa shape index (κ3) is 3.98. The number of nitrogens with one attached hydrogen (secondary N) is 2. The van der Waals surface area contributed by atoms with Gasteiger partial charge >= 0.3 is 0 Å². The van der Waals surface area contributed by atoms with Crippen LogP contribution in [0.3, 0.4) is 0 Å². The summed E-state index contributed by atoms with van der Waals surface area (Å²) in [6.07, 6.45) is 5.52. The van der Waals surface area contributed by atoms with E-state index in [0.29, 0.717) is 12.2 Å². The van der Waals surface area contributed by atoms with E-state index >= 15 is 0 Å². The lowest BCUT2D eigenvalue weighted by molar-refractivity contribution is 0.467. The van der Waals surface area contributed by atoms with Gasteiger partial charge in [-0.3, -0.25) is 9.36 Å². The quantitative estimate of drug-likeness (QED) is 0.448. The molecule has 0 bridgehead atoms. The molecule has 5 rings (SSSR count). The Hall–Kier alpha value is -3.88. The molecule has 34 heavy (non-hydrogen) atoms. The Bertz CT molecular complexity index is 1380. The van der Waals surface area contributed by atoms with Crippen LogP contribution in [0, 0.1) is 5.82 Å². The molecule has 9 heteroatoms. The van der Waals surface area contributed by atoms with Crippen molar-refractivity contribution in [2.45, 2.75) is 51.4 Å². The fourth-order valence-corrected chi connectivity index (χ4v) is 5.07. The number of H-pyrrole nitrogens is 1. The lowest BCUT2D eigenvalue weighted by Crippen LogP contribution is -2.22. The van der Waals surface area contributed by atoms with Gasteiger partial charge in [0.1, 0.15) is 5.82 Å². The van der Waals surface area contributed by atoms with E-state index < -0.39 is 0 Å². The fourth-order valence-electron chi connectivity index (χ4n) is 5.07. The molecule has 2 aromatic carbocycles. The molecule has 0 saturated carbocycles. The van der Waals surface area contributed by atoms with E-state index in [1.807, 2.05) is 24.3 Å². The number of hydrogen-bond acceptors (Lipinski definition) is 6. The Balaban J connectivity index is 1.41. The van der Waals surface area contributed by atoms with Crippen LogP contribution in [0.25, 0.3) is 5.69 Å². The van der Waals surface area contributed by atoms with Gasteiger partial charge in [0.25, 0.3) is 5.56 Å². The van der Waals surface area contributed by atoms with Crippen molar-refractivity contribution in [1.29, 1.82) is 0 Å². The van der Waals surface area contributed by atoms with Gasteiger partial charge in [-0.1, -0.05) is 38.1 Å². The third-order valence-electron chi connectivity index (χ3n) is 6.52. The minimum Gasteiger partial charge on any atom is -0.335 e. The Kier molecular flexibility index (Phi) is 5.47. The van der Waals surface area contributed by atoms with Gasteiger partial charge in [-0.2, -0.15) is 5.21 Å². The standard InChI is InChI=1S/C25H26FN7O/c1-15-14-25(2,3)22-18(26)9-10-19(21(15)22)28-23-24(34)33(13-12-27-23)17-7-4-16(5-8-17)6-11-20-29-31-32-30-20/h4-5,7-10,12-13,15H,6,11,14H2,1-3H3,(H,27,28)(H,29,30,31,32)/t15-/m1/s1. The number of nitrogens with zero attached hydrogens (tertiary/aromatic N) is 5. The predicted octanol–water partition coefficient (Wildman–Crippen LogP) is 4.20. The summed E-state index contributed by atoms with van der Waals surface area (Å²) < 4.78 is 16.2. The van der Waals surface area contributed by atoms with Gasteiger partial charge in [0.05, 0.1) is 0 Å². The van der Waals surface area contributed by atoms with Gasteiger partial charge in [0.15, 0.2) is 11.6 Å². The second-order valence-corrected chi connectivity index (χ2v) is 9.44. The Morgan fingerprint density at radius 3 is 2.71 bits per heavy atom. The van der Waals surface area contributed by atoms with Crippen LogP contribution in [-0.2, 0) is 18.3 Å². The second kappa shape index (κ2) is 8.48. The highest BCUT2D eigenvalue weighted by Gasteiger charge is 2.39. The van der Waals surface area contributed by atoms with Crippen molar-refractivity contribution in [3.63, 3.8) is 0 Å². The minimum atomic E-state index is -0.273. The average Bonchev–Trinajstić information content (AvgIpc) is 3.42. The summed E-state index contributed by atoms with van der Waals surface area (Å²) in [6.45, 7) is 6.21. The molecule has 174 valence electrons. The molecule has 1 aliphatic carbocycles. The van der Waals surface area contributed by atoms with Gasteiger partial charge in [-0.25, -0.2) is 9.37 Å². The summed E-state index contributed by atoms with van der Waals surface area (Å²) in [5.74, 6) is 0.839. The lowest BCUT2D eigenvalue weighted by atomic mass is 9.86. The average molecular weight is 460 g/mol. The molecule has 1 atom stereocenters. The van der Waals surface area contributed by atoms with Crippen LogP contribution in [0.5, 0.6) is 0 Å². The van der Waals surface area contributed by atoms with Crippen LogP contribution < -0.4 is 10.9 Å². The van der Waals surface area contributed by atoms with Crippen LogP contribution in [0.2, 0.25) is 0 Å². The Morgan fingerprint density at radius 2 is 1.97 bits per heavy atom. The van der Waals surface area contributed by atoms with Crippen molar-refractivity contribution in [2.75, 3.05) is 5.32 Å². The van der Waals surface area contributed by atoms with Crippen LogP contribution in [0.15, 0.2) is 53.6 Å². The fraction of sp³-hybridized carbons (Fsp3) is 0.320. The van der Waals surface area contributed by atoms with Crippen molar-refractivity contribution < 1.29 is 4.39 Å². The van der Waals surface area contributed by atoms with Crippen LogP contribution in [0.4, 0.5) is 15.9 Å². The zero-order valence-corrected chi connectivity index (χ0v) is 19.3. The summed E-state index contributed by atoms with van der Waals surface area (Å²) in [6, 6.07) is 10.9. The van der Waals surface area contributed by atoms with Crippen LogP contribution in [0.1, 0.15) is 55.6 Å². The Labute approximate surface area is 196 Å². The molecule has 0 fully saturated rings. The first kappa shape index (κ1) is 21.9. The van der Waals surface area contributed by atoms with E-state index in [9.17, 15) is 9.18 Å². The summed E-state index contributed by atoms with van der Waals surface area (Å²) >= 11 is 0. The molecule has 2 N–H and O–H groups in total. The number of tetrazole rings is 1. The molecule has 1 aliphatic rings. The number of hydrogen-bond donors (Lipinski definition) is 2. The number of halogens is 1. The molecule has 2 aromatic heterocycles. The first-order valence-electron chi connectivity index (χ1n) is 11.3. The number of aromatic nitrogens is 6. The maximum Gasteiger partial charge on any atom is 0.298 e. The number of rotatable bonds is 6. The zero-order valence-electron chi connectivity index (χ0n) is 19.3. The van der Waals surface area contributed by atoms with Crippen molar-refractivity contribution in [3.8, 4) is 5.69 Å². The van der Waals surface area contributed by atoms with Crippen molar-refractivity contribution in [1.82, 2.24) is 30.2 Å². The summed E-state index contributed by atoms with van der Waals surface area (Å²) in [4.78, 5) is 17.5. The number of fused-ring (bicyclic) bond motifs is 1. The highest BCUT2D eigenvalue weighted by Crippen LogP contribution is 2.49. The zero-order chi connectivity index (χ0) is 23.9. The maximum absolute atomic E-state index is 14.7. The summed E-state index contributed by atoms with van der Waals surface area (Å²) in [5, 5.41) is 17.1. The lowest BCUT2D eigenvalue weighted by Gasteiger charge is -2.20. The molecule has 0 amide bonds. The molecular weight excluding hydrogens is 433 g/mol. The molecule has 2 heterocycles. The summed E-state index contributed by atoms with van der Waals surface area (Å²) in [5.41, 5.74) is 3.68. The van der Waals surface area contributed by atoms with Crippen molar-refractivity contribution in [2.24, 2.45) is 0 Å². The van der Waals surface area contributed by atoms with E-state index in [1.54, 1.807) is 23.0 Å². The normalized spacial score (nSPS) is 16.4. The second-order valence-electron chi connectivity index (χ2n) is 9.44. The van der Waals surface area contributed by atoms with Gasteiger partial charge in [-0.15, -0.1) is 10.2 Å². The number of anilines is 2. The SMILES string of the molecule is C[C@@H]1CC(C)(C)c2c(F)ccc(Nc3nccn(-c4ccc(CCc5nn[nH]n5)cc4)c3=O)c21. The molecule has 0 unspecified atom stereocenters. The van der Waals surface area contributed by atoms with Gasteiger partial charge in [-0.05, 0) is 65.1 Å². The Morgan fingerprint density at radius 1 is 1.18 bits per heavy atom. The largest absolute Gasteiger partial charge is 0.335 e. The van der Waals surface area contributed by atoms with Gasteiger partial charge in [0, 0.05) is 30.2 Å². The molecule has 8 nitrogen and oxygen atoms in total. The number of benzene rings is 2. The maximum atomic E-state index is 14.7. The first-order chi connectivity index (χ1) is 16.3. The molecule has 0 aliphatic heterocycles. The van der Waals surface area contributed by atoms with Crippen molar-refractivity contribution in [3.05, 3.63) is 87.5 Å². The molecule has 4 aromatic rings. The van der Waals surface area contributed by atoms with Crippen LogP contribution in [-0.4, -0.2) is 30.2 Å². The first-order valence-corrected chi connectivity index (χ1v) is 11.3. The number of aryl methyl sites for hydroxylation is 2. The number of aromatic amines is 1. The highest BCUT2D eigenvalue weighted by atomic mass is 19.1. The smallest absolute Gasteiger partial charge is 0.298 e. The molecular formula is C25H26FN7O. The van der Waals surface area contributed by atoms with Crippen molar-refractivity contribution >= 4 is 11.5 Å². The summed E-state index contributed by atoms with van der Waals surface area (Å²) in [7, 11) is 0. The third-order valence-corrected chi connectivity index (χ3v) is 6.52. The minimum absolute atomic E-state index is 0.175. The van der Waals surface area contributed by atoms with Gasteiger partial charge in [0.2, 0.25) is 0 Å².